The van der Waals surface area contributed by atoms with Crippen molar-refractivity contribution in [2.45, 2.75) is 38.3 Å². The normalized spacial score (nSPS) is 21.7. The summed E-state index contributed by atoms with van der Waals surface area (Å²) >= 11 is 0. The van der Waals surface area contributed by atoms with Crippen molar-refractivity contribution < 1.29 is 9.53 Å². The van der Waals surface area contributed by atoms with Crippen LogP contribution in [0, 0.1) is 5.92 Å². The number of nitrogens with one attached hydrogen (secondary N) is 1. The molecule has 6 heteroatoms. The molecule has 30 heavy (non-hydrogen) atoms. The van der Waals surface area contributed by atoms with Gasteiger partial charge in [-0.1, -0.05) is 18.2 Å². The maximum absolute atomic E-state index is 12.8. The van der Waals surface area contributed by atoms with Crippen molar-refractivity contribution in [3.63, 3.8) is 0 Å². The molecule has 3 aliphatic rings. The standard InChI is InChI=1S/C24H28N4O2/c1-28-10-7-16(8-11-28)14-25-15-20-24-18(6-9-26-20)21(29)13-19(27-24)23-12-17-4-2-3-5-22(17)30-23/h2-6,9,16,23,25H,7-8,10-15H2,1H3. The summed E-state index contributed by atoms with van der Waals surface area (Å²) in [6, 6.07) is 9.85. The zero-order valence-electron chi connectivity index (χ0n) is 17.4. The lowest BCUT2D eigenvalue weighted by Crippen LogP contribution is -2.35. The molecule has 4 heterocycles. The van der Waals surface area contributed by atoms with E-state index in [0.717, 1.165) is 48.9 Å². The van der Waals surface area contributed by atoms with Crippen LogP contribution in [0.25, 0.3) is 0 Å². The van der Waals surface area contributed by atoms with E-state index in [4.69, 9.17) is 9.73 Å². The summed E-state index contributed by atoms with van der Waals surface area (Å²) in [5.74, 6) is 1.70. The zero-order chi connectivity index (χ0) is 20.5. The first-order valence-corrected chi connectivity index (χ1v) is 10.9. The van der Waals surface area contributed by atoms with Crippen LogP contribution in [0.1, 0.15) is 40.9 Å². The molecule has 1 saturated heterocycles. The molecule has 0 bridgehead atoms. The fraction of sp³-hybridized carbons (Fsp3) is 0.458. The molecule has 0 radical (unpaired) electrons. The molecule has 1 aromatic heterocycles. The third kappa shape index (κ3) is 3.89. The molecule has 1 atom stereocenters. The SMILES string of the molecule is CN1CCC(CNCc2nccc3c2N=C(C2Cc4ccccc4O2)CC3=O)CC1. The maximum atomic E-state index is 12.8. The van der Waals surface area contributed by atoms with Crippen molar-refractivity contribution in [2.75, 3.05) is 26.7 Å². The lowest BCUT2D eigenvalue weighted by Gasteiger charge is -2.29. The number of ketones is 1. The van der Waals surface area contributed by atoms with E-state index in [1.54, 1.807) is 12.3 Å². The predicted octanol–water partition coefficient (Wildman–Crippen LogP) is 3.18. The number of nitrogens with zero attached hydrogens (tertiary/aromatic N) is 3. The first-order chi connectivity index (χ1) is 14.7. The Morgan fingerprint density at radius 1 is 1.20 bits per heavy atom. The van der Waals surface area contributed by atoms with Crippen LogP contribution in [0.15, 0.2) is 41.5 Å². The number of carbonyl (C=O) groups is 1. The van der Waals surface area contributed by atoms with Gasteiger partial charge in [-0.25, -0.2) is 0 Å². The largest absolute Gasteiger partial charge is 0.484 e. The van der Waals surface area contributed by atoms with Gasteiger partial charge in [-0.05, 0) is 63.1 Å². The van der Waals surface area contributed by atoms with Crippen molar-refractivity contribution in [1.82, 2.24) is 15.2 Å². The van der Waals surface area contributed by atoms with Crippen LogP contribution in [0.4, 0.5) is 5.69 Å². The highest BCUT2D eigenvalue weighted by Gasteiger charge is 2.32. The van der Waals surface area contributed by atoms with Gasteiger partial charge in [0.15, 0.2) is 5.78 Å². The van der Waals surface area contributed by atoms with E-state index in [-0.39, 0.29) is 11.9 Å². The van der Waals surface area contributed by atoms with Gasteiger partial charge in [0, 0.05) is 24.7 Å². The average Bonchev–Trinajstić information content (AvgIpc) is 3.20. The van der Waals surface area contributed by atoms with Gasteiger partial charge in [0.25, 0.3) is 0 Å². The van der Waals surface area contributed by atoms with Crippen molar-refractivity contribution in [1.29, 1.82) is 0 Å². The second kappa shape index (κ2) is 8.28. The van der Waals surface area contributed by atoms with E-state index < -0.39 is 0 Å². The number of para-hydroxylation sites is 1. The number of rotatable bonds is 5. The van der Waals surface area contributed by atoms with Crippen molar-refractivity contribution >= 4 is 17.2 Å². The van der Waals surface area contributed by atoms with Crippen LogP contribution in [0.3, 0.4) is 0 Å². The van der Waals surface area contributed by atoms with Crippen molar-refractivity contribution in [3.8, 4) is 5.75 Å². The number of benzene rings is 1. The highest BCUT2D eigenvalue weighted by atomic mass is 16.5. The molecule has 1 unspecified atom stereocenters. The first-order valence-electron chi connectivity index (χ1n) is 10.9. The van der Waals surface area contributed by atoms with Crippen LogP contribution in [0.2, 0.25) is 0 Å². The van der Waals surface area contributed by atoms with Gasteiger partial charge in [0.05, 0.1) is 23.5 Å². The van der Waals surface area contributed by atoms with E-state index in [1.165, 1.54) is 18.4 Å². The summed E-state index contributed by atoms with van der Waals surface area (Å²) < 4.78 is 6.10. The number of carbonyl (C=O) groups excluding carboxylic acids is 1. The Morgan fingerprint density at radius 2 is 2.03 bits per heavy atom. The number of piperidine rings is 1. The van der Waals surface area contributed by atoms with Gasteiger partial charge < -0.3 is 15.0 Å². The summed E-state index contributed by atoms with van der Waals surface area (Å²) in [5.41, 5.74) is 4.24. The molecule has 1 aromatic carbocycles. The smallest absolute Gasteiger partial charge is 0.170 e. The predicted molar refractivity (Wildman–Crippen MR) is 117 cm³/mol. The molecule has 5 rings (SSSR count). The van der Waals surface area contributed by atoms with Gasteiger partial charge in [-0.3, -0.25) is 14.8 Å². The minimum absolute atomic E-state index is 0.105. The summed E-state index contributed by atoms with van der Waals surface area (Å²) in [7, 11) is 2.18. The lowest BCUT2D eigenvalue weighted by molar-refractivity contribution is 0.0996. The summed E-state index contributed by atoms with van der Waals surface area (Å²) in [4.78, 5) is 24.7. The monoisotopic (exact) mass is 404 g/mol. The van der Waals surface area contributed by atoms with Gasteiger partial charge in [-0.2, -0.15) is 0 Å². The Kier molecular flexibility index (Phi) is 5.35. The summed E-state index contributed by atoms with van der Waals surface area (Å²) in [6.45, 7) is 3.94. The highest BCUT2D eigenvalue weighted by molar-refractivity contribution is 6.17. The Hall–Kier alpha value is -2.57. The Balaban J connectivity index is 1.31. The van der Waals surface area contributed by atoms with Crippen LogP contribution < -0.4 is 10.1 Å². The molecule has 6 nitrogen and oxygen atoms in total. The number of pyridine rings is 1. The fourth-order valence-electron chi connectivity index (χ4n) is 4.63. The molecule has 0 spiro atoms. The lowest BCUT2D eigenvalue weighted by atomic mass is 9.95. The number of hydrogen-bond acceptors (Lipinski definition) is 6. The molecule has 156 valence electrons. The van der Waals surface area contributed by atoms with Crippen molar-refractivity contribution in [3.05, 3.63) is 53.3 Å². The molecule has 1 fully saturated rings. The molecule has 0 saturated carbocycles. The summed E-state index contributed by atoms with van der Waals surface area (Å²) in [5, 5.41) is 3.56. The van der Waals surface area contributed by atoms with E-state index in [0.29, 0.717) is 24.4 Å². The van der Waals surface area contributed by atoms with Gasteiger partial charge in [-0.15, -0.1) is 0 Å². The number of ether oxygens (including phenoxy) is 1. The minimum atomic E-state index is -0.167. The third-order valence-corrected chi connectivity index (χ3v) is 6.48. The van der Waals surface area contributed by atoms with Crippen LogP contribution in [-0.4, -0.2) is 54.2 Å². The molecule has 0 aliphatic carbocycles. The topological polar surface area (TPSA) is 66.8 Å². The number of aromatic nitrogens is 1. The molecular formula is C24H28N4O2. The maximum Gasteiger partial charge on any atom is 0.170 e. The Bertz CT molecular complexity index is 954. The number of Topliss-reactive ketones (excluding diaryl/α,β-unsaturated/α-hetero) is 1. The van der Waals surface area contributed by atoms with Gasteiger partial charge in [0.2, 0.25) is 0 Å². The second-order valence-corrected chi connectivity index (χ2v) is 8.65. The second-order valence-electron chi connectivity index (χ2n) is 8.65. The van der Waals surface area contributed by atoms with Crippen LogP contribution >= 0.6 is 0 Å². The molecule has 0 amide bonds. The zero-order valence-corrected chi connectivity index (χ0v) is 17.4. The van der Waals surface area contributed by atoms with Gasteiger partial charge >= 0.3 is 0 Å². The number of likely N-dealkylation sites (tertiary alicyclic amines) is 1. The average molecular weight is 405 g/mol. The minimum Gasteiger partial charge on any atom is -0.484 e. The first kappa shape index (κ1) is 19.4. The van der Waals surface area contributed by atoms with E-state index in [2.05, 4.69) is 28.3 Å². The summed E-state index contributed by atoms with van der Waals surface area (Å²) in [6.07, 6.45) is 5.10. The Labute approximate surface area is 177 Å². The quantitative estimate of drug-likeness (QED) is 0.829. The molecule has 3 aliphatic heterocycles. The van der Waals surface area contributed by atoms with Crippen LogP contribution in [0.5, 0.6) is 5.75 Å². The number of fused-ring (bicyclic) bond motifs is 2. The highest BCUT2D eigenvalue weighted by Crippen LogP contribution is 2.34. The number of hydrogen-bond donors (Lipinski definition) is 1. The fourth-order valence-corrected chi connectivity index (χ4v) is 4.63. The molecule has 1 N–H and O–H groups in total. The van der Waals surface area contributed by atoms with Gasteiger partial charge in [0.1, 0.15) is 11.9 Å². The molecule has 2 aromatic rings. The number of aliphatic imine (C=N–C) groups is 1. The van der Waals surface area contributed by atoms with E-state index in [9.17, 15) is 4.79 Å². The Morgan fingerprint density at radius 3 is 2.87 bits per heavy atom. The van der Waals surface area contributed by atoms with E-state index >= 15 is 0 Å². The third-order valence-electron chi connectivity index (χ3n) is 6.48. The molecular weight excluding hydrogens is 376 g/mol. The van der Waals surface area contributed by atoms with E-state index in [1.807, 2.05) is 18.2 Å². The van der Waals surface area contributed by atoms with Crippen LogP contribution in [-0.2, 0) is 13.0 Å². The van der Waals surface area contributed by atoms with Crippen molar-refractivity contribution in [2.24, 2.45) is 10.9 Å².